The van der Waals surface area contributed by atoms with E-state index in [1.807, 2.05) is 0 Å². The quantitative estimate of drug-likeness (QED) is 0.584. The second-order valence-corrected chi connectivity index (χ2v) is 9.98. The molecule has 6 nitrogen and oxygen atoms in total. The number of aromatic nitrogens is 1. The van der Waals surface area contributed by atoms with Gasteiger partial charge >= 0.3 is 6.18 Å². The lowest BCUT2D eigenvalue weighted by atomic mass is 9.81. The van der Waals surface area contributed by atoms with Gasteiger partial charge in [-0.25, -0.2) is 9.37 Å². The SMILES string of the molecule is CN(C1CCOCC1)C1CCC(C(=O)NCc2cc(F)cc(C(F)(F)F)c2)(c2csc(N)n2)C1. The van der Waals surface area contributed by atoms with Crippen LogP contribution in [0.1, 0.15) is 48.9 Å². The molecule has 2 aromatic rings. The number of carbonyl (C=O) groups is 1. The highest BCUT2D eigenvalue weighted by atomic mass is 32.1. The molecule has 1 amide bonds. The molecule has 1 aliphatic heterocycles. The van der Waals surface area contributed by atoms with Crippen LogP contribution in [0.25, 0.3) is 0 Å². The molecule has 1 aromatic carbocycles. The summed E-state index contributed by atoms with van der Waals surface area (Å²) in [6, 6.07) is 2.81. The first kappa shape index (κ1) is 24.9. The van der Waals surface area contributed by atoms with Crippen LogP contribution < -0.4 is 11.1 Å². The van der Waals surface area contributed by atoms with E-state index in [9.17, 15) is 22.4 Å². The van der Waals surface area contributed by atoms with E-state index in [-0.39, 0.29) is 24.1 Å². The van der Waals surface area contributed by atoms with E-state index in [1.165, 1.54) is 11.3 Å². The first-order valence-corrected chi connectivity index (χ1v) is 12.1. The molecule has 34 heavy (non-hydrogen) atoms. The Morgan fingerprint density at radius 1 is 1.26 bits per heavy atom. The number of hydrogen-bond donors (Lipinski definition) is 2. The number of nitrogen functional groups attached to an aromatic ring is 1. The summed E-state index contributed by atoms with van der Waals surface area (Å²) in [7, 11) is 2.06. The molecule has 2 atom stereocenters. The fourth-order valence-corrected chi connectivity index (χ4v) is 5.75. The lowest BCUT2D eigenvalue weighted by molar-refractivity contribution is -0.137. The van der Waals surface area contributed by atoms with Gasteiger partial charge < -0.3 is 20.7 Å². The summed E-state index contributed by atoms with van der Waals surface area (Å²) >= 11 is 1.25. The Morgan fingerprint density at radius 2 is 2.00 bits per heavy atom. The van der Waals surface area contributed by atoms with Crippen molar-refractivity contribution in [2.24, 2.45) is 0 Å². The smallest absolute Gasteiger partial charge is 0.381 e. The fraction of sp³-hybridized carbons (Fsp3) is 0.565. The number of hydrogen-bond acceptors (Lipinski definition) is 6. The Balaban J connectivity index is 1.53. The predicted octanol–water partition coefficient (Wildman–Crippen LogP) is 4.10. The Bertz CT molecular complexity index is 1020. The average molecular weight is 501 g/mol. The summed E-state index contributed by atoms with van der Waals surface area (Å²) in [5.41, 5.74) is 4.45. The van der Waals surface area contributed by atoms with Crippen molar-refractivity contribution in [2.45, 2.75) is 62.3 Å². The fourth-order valence-electron chi connectivity index (χ4n) is 5.09. The molecule has 4 rings (SSSR count). The lowest BCUT2D eigenvalue weighted by Gasteiger charge is -2.36. The molecular formula is C23H28F4N4O2S. The van der Waals surface area contributed by atoms with Crippen LogP contribution in [0.5, 0.6) is 0 Å². The minimum atomic E-state index is -4.67. The van der Waals surface area contributed by atoms with Crippen LogP contribution in [0.15, 0.2) is 23.6 Å². The number of halogens is 4. The Hall–Kier alpha value is -2.24. The van der Waals surface area contributed by atoms with Crippen molar-refractivity contribution in [1.82, 2.24) is 15.2 Å². The summed E-state index contributed by atoms with van der Waals surface area (Å²) in [6.07, 6.45) is -0.984. The topological polar surface area (TPSA) is 80.5 Å². The zero-order valence-electron chi connectivity index (χ0n) is 18.8. The standard InChI is InChI=1S/C23H28F4N4O2S/c1-31(17-3-6-33-7-4-17)18-2-5-22(11-18,19-13-34-21(28)30-19)20(32)29-12-14-8-15(23(25,26)27)10-16(24)9-14/h8-10,13,17-18H,2-7,11-12H2,1H3,(H2,28,30)(H,29,32). The molecule has 3 N–H and O–H groups in total. The molecule has 11 heteroatoms. The molecular weight excluding hydrogens is 472 g/mol. The van der Waals surface area contributed by atoms with E-state index >= 15 is 0 Å². The van der Waals surface area contributed by atoms with Gasteiger partial charge in [0.15, 0.2) is 5.13 Å². The highest BCUT2D eigenvalue weighted by Gasteiger charge is 2.49. The molecule has 1 saturated carbocycles. The summed E-state index contributed by atoms with van der Waals surface area (Å²) in [6.45, 7) is 1.20. The minimum Gasteiger partial charge on any atom is -0.381 e. The van der Waals surface area contributed by atoms with Gasteiger partial charge in [0, 0.05) is 37.2 Å². The predicted molar refractivity (Wildman–Crippen MR) is 121 cm³/mol. The highest BCUT2D eigenvalue weighted by Crippen LogP contribution is 2.44. The van der Waals surface area contributed by atoms with Crippen LogP contribution in [0.3, 0.4) is 0 Å². The van der Waals surface area contributed by atoms with Crippen molar-refractivity contribution in [3.05, 3.63) is 46.2 Å². The van der Waals surface area contributed by atoms with Gasteiger partial charge in [0.25, 0.3) is 0 Å². The number of thiazole rings is 1. The molecule has 2 unspecified atom stereocenters. The van der Waals surface area contributed by atoms with Gasteiger partial charge in [0.1, 0.15) is 5.82 Å². The second-order valence-electron chi connectivity index (χ2n) is 9.09. The maximum atomic E-state index is 13.8. The number of ether oxygens (including phenoxy) is 1. The zero-order valence-corrected chi connectivity index (χ0v) is 19.6. The third-order valence-corrected chi connectivity index (χ3v) is 7.69. The number of nitrogens with two attached hydrogens (primary N) is 1. The third kappa shape index (κ3) is 5.21. The van der Waals surface area contributed by atoms with E-state index < -0.39 is 23.0 Å². The van der Waals surface area contributed by atoms with Gasteiger partial charge in [-0.2, -0.15) is 13.2 Å². The van der Waals surface area contributed by atoms with Crippen molar-refractivity contribution in [1.29, 1.82) is 0 Å². The van der Waals surface area contributed by atoms with E-state index in [2.05, 4.69) is 22.2 Å². The summed E-state index contributed by atoms with van der Waals surface area (Å²) < 4.78 is 58.5. The molecule has 1 aliphatic carbocycles. The van der Waals surface area contributed by atoms with Crippen LogP contribution in [0, 0.1) is 5.82 Å². The van der Waals surface area contributed by atoms with E-state index in [4.69, 9.17) is 10.5 Å². The molecule has 2 fully saturated rings. The van der Waals surface area contributed by atoms with Crippen molar-refractivity contribution in [2.75, 3.05) is 26.0 Å². The number of carbonyl (C=O) groups excluding carboxylic acids is 1. The molecule has 2 aliphatic rings. The van der Waals surface area contributed by atoms with Gasteiger partial charge in [-0.15, -0.1) is 11.3 Å². The van der Waals surface area contributed by atoms with Gasteiger partial charge in [0.2, 0.25) is 5.91 Å². The summed E-state index contributed by atoms with van der Waals surface area (Å²) in [5.74, 6) is -1.33. The van der Waals surface area contributed by atoms with Crippen LogP contribution in [-0.4, -0.2) is 48.1 Å². The van der Waals surface area contributed by atoms with Crippen molar-refractivity contribution in [3.63, 3.8) is 0 Å². The Kier molecular flexibility index (Phi) is 7.16. The molecule has 1 aromatic heterocycles. The maximum absolute atomic E-state index is 13.8. The first-order chi connectivity index (χ1) is 16.1. The average Bonchev–Trinajstić information content (AvgIpc) is 3.44. The second kappa shape index (κ2) is 9.79. The highest BCUT2D eigenvalue weighted by molar-refractivity contribution is 7.13. The lowest BCUT2D eigenvalue weighted by Crippen LogP contribution is -2.46. The number of benzene rings is 1. The van der Waals surface area contributed by atoms with Crippen molar-refractivity contribution < 1.29 is 27.1 Å². The van der Waals surface area contributed by atoms with Crippen LogP contribution in [0.2, 0.25) is 0 Å². The van der Waals surface area contributed by atoms with Crippen LogP contribution >= 0.6 is 11.3 Å². The van der Waals surface area contributed by atoms with E-state index in [1.54, 1.807) is 5.38 Å². The molecule has 1 saturated heterocycles. The third-order valence-electron chi connectivity index (χ3n) is 7.02. The normalized spacial score (nSPS) is 24.0. The molecule has 0 spiro atoms. The summed E-state index contributed by atoms with van der Waals surface area (Å²) in [5, 5.41) is 4.87. The van der Waals surface area contributed by atoms with Crippen molar-refractivity contribution >= 4 is 22.4 Å². The minimum absolute atomic E-state index is 0.0440. The van der Waals surface area contributed by atoms with Crippen LogP contribution in [-0.2, 0) is 27.7 Å². The number of anilines is 1. The maximum Gasteiger partial charge on any atom is 0.416 e. The Labute approximate surface area is 199 Å². The molecule has 0 bridgehead atoms. The number of amides is 1. The van der Waals surface area contributed by atoms with Gasteiger partial charge in [0.05, 0.1) is 16.7 Å². The first-order valence-electron chi connectivity index (χ1n) is 11.2. The Morgan fingerprint density at radius 3 is 2.65 bits per heavy atom. The van der Waals surface area contributed by atoms with Crippen LogP contribution in [0.4, 0.5) is 22.7 Å². The number of nitrogens with one attached hydrogen (secondary N) is 1. The monoisotopic (exact) mass is 500 g/mol. The van der Waals surface area contributed by atoms with Gasteiger partial charge in [-0.3, -0.25) is 4.79 Å². The van der Waals surface area contributed by atoms with E-state index in [0.717, 1.165) is 31.4 Å². The molecule has 0 radical (unpaired) electrons. The van der Waals surface area contributed by atoms with Gasteiger partial charge in [-0.1, -0.05) is 0 Å². The number of alkyl halides is 3. The van der Waals surface area contributed by atoms with Crippen molar-refractivity contribution in [3.8, 4) is 0 Å². The number of nitrogens with zero attached hydrogens (tertiary/aromatic N) is 2. The molecule has 186 valence electrons. The zero-order chi connectivity index (χ0) is 24.5. The van der Waals surface area contributed by atoms with Gasteiger partial charge in [-0.05, 0) is 62.9 Å². The largest absolute Gasteiger partial charge is 0.416 e. The molecule has 2 heterocycles. The van der Waals surface area contributed by atoms with E-state index in [0.29, 0.717) is 49.0 Å². The summed E-state index contributed by atoms with van der Waals surface area (Å²) in [4.78, 5) is 20.2. The number of rotatable bonds is 6.